The van der Waals surface area contributed by atoms with Crippen molar-refractivity contribution in [1.29, 1.82) is 0 Å². The van der Waals surface area contributed by atoms with Crippen LogP contribution in [-0.4, -0.2) is 30.2 Å². The second kappa shape index (κ2) is 8.67. The van der Waals surface area contributed by atoms with Crippen LogP contribution in [0.15, 0.2) is 0 Å². The van der Waals surface area contributed by atoms with Crippen LogP contribution in [0.1, 0.15) is 26.2 Å². The lowest BCUT2D eigenvalue weighted by Crippen LogP contribution is -2.42. The third kappa shape index (κ3) is 5.74. The summed E-state index contributed by atoms with van der Waals surface area (Å²) in [7, 11) is 1.23. The Labute approximate surface area is 99.7 Å². The minimum absolute atomic E-state index is 0. The summed E-state index contributed by atoms with van der Waals surface area (Å²) in [5.41, 5.74) is 5.38. The van der Waals surface area contributed by atoms with E-state index >= 15 is 0 Å². The van der Waals surface area contributed by atoms with Crippen molar-refractivity contribution in [2.45, 2.75) is 32.2 Å². The molecular weight excluding hydrogens is 266 g/mol. The van der Waals surface area contributed by atoms with Crippen LogP contribution >= 0.6 is 17.0 Å². The quantitative estimate of drug-likeness (QED) is 0.709. The Hall–Kier alpha value is -0.620. The molecule has 0 bridgehead atoms. The maximum atomic E-state index is 11.2. The third-order valence-electron chi connectivity index (χ3n) is 2.09. The molecule has 15 heavy (non-hydrogen) atoms. The number of esters is 1. The monoisotopic (exact) mass is 283 g/mol. The molecule has 0 radical (unpaired) electrons. The van der Waals surface area contributed by atoms with Gasteiger partial charge in [0, 0.05) is 0 Å². The minimum atomic E-state index is -1.17. The zero-order valence-electron chi connectivity index (χ0n) is 8.93. The van der Waals surface area contributed by atoms with Crippen molar-refractivity contribution in [1.82, 2.24) is 0 Å². The molecule has 0 aromatic heterocycles. The predicted molar refractivity (Wildman–Crippen MR) is 61.0 cm³/mol. The lowest BCUT2D eigenvalue weighted by molar-refractivity contribution is -0.152. The van der Waals surface area contributed by atoms with Crippen molar-refractivity contribution in [2.75, 3.05) is 7.11 Å². The number of carbonyl (C=O) groups excluding carboxylic acids is 1. The van der Waals surface area contributed by atoms with E-state index in [0.717, 1.165) is 12.8 Å². The van der Waals surface area contributed by atoms with Gasteiger partial charge in [-0.2, -0.15) is 0 Å². The van der Waals surface area contributed by atoms with Crippen molar-refractivity contribution < 1.29 is 19.4 Å². The van der Waals surface area contributed by atoms with Crippen LogP contribution in [0.2, 0.25) is 0 Å². The van der Waals surface area contributed by atoms with Gasteiger partial charge in [0.05, 0.1) is 13.0 Å². The van der Waals surface area contributed by atoms with E-state index < -0.39 is 23.9 Å². The Morgan fingerprint density at radius 3 is 2.33 bits per heavy atom. The number of hydrogen-bond donors (Lipinski definition) is 2. The summed E-state index contributed by atoms with van der Waals surface area (Å²) in [6.07, 6.45) is 2.11. The number of carbonyl (C=O) groups is 2. The Kier molecular flexibility index (Phi) is 9.71. The first kappa shape index (κ1) is 16.8. The molecule has 90 valence electrons. The van der Waals surface area contributed by atoms with Crippen LogP contribution in [0.5, 0.6) is 0 Å². The molecule has 0 aliphatic carbocycles. The molecule has 2 unspecified atom stereocenters. The molecular formula is C9H18BrNO4. The number of carboxylic acids is 1. The fourth-order valence-electron chi connectivity index (χ4n) is 1.19. The van der Waals surface area contributed by atoms with E-state index in [2.05, 4.69) is 4.74 Å². The summed E-state index contributed by atoms with van der Waals surface area (Å²) in [4.78, 5) is 21.8. The fourth-order valence-corrected chi connectivity index (χ4v) is 1.19. The molecule has 0 aromatic rings. The van der Waals surface area contributed by atoms with Crippen molar-refractivity contribution in [3.63, 3.8) is 0 Å². The van der Waals surface area contributed by atoms with Gasteiger partial charge in [-0.15, -0.1) is 17.0 Å². The van der Waals surface area contributed by atoms with Crippen LogP contribution in [0.25, 0.3) is 0 Å². The van der Waals surface area contributed by atoms with Gasteiger partial charge in [-0.1, -0.05) is 19.8 Å². The van der Waals surface area contributed by atoms with E-state index in [1.165, 1.54) is 7.11 Å². The minimum Gasteiger partial charge on any atom is -0.480 e. The average Bonchev–Trinajstić information content (AvgIpc) is 2.17. The van der Waals surface area contributed by atoms with Gasteiger partial charge >= 0.3 is 11.9 Å². The highest BCUT2D eigenvalue weighted by Crippen LogP contribution is 2.13. The highest BCUT2D eigenvalue weighted by Gasteiger charge is 2.30. The predicted octanol–water partition coefficient (Wildman–Crippen LogP) is 0.956. The van der Waals surface area contributed by atoms with Crippen LogP contribution in [0.4, 0.5) is 0 Å². The van der Waals surface area contributed by atoms with Gasteiger partial charge in [-0.3, -0.25) is 9.59 Å². The van der Waals surface area contributed by atoms with Gasteiger partial charge in [0.1, 0.15) is 6.04 Å². The van der Waals surface area contributed by atoms with Gasteiger partial charge in [0.25, 0.3) is 0 Å². The largest absolute Gasteiger partial charge is 0.480 e. The smallest absolute Gasteiger partial charge is 0.321 e. The van der Waals surface area contributed by atoms with Crippen molar-refractivity contribution in [3.8, 4) is 0 Å². The topological polar surface area (TPSA) is 89.6 Å². The summed E-state index contributed by atoms with van der Waals surface area (Å²) in [6.45, 7) is 1.96. The van der Waals surface area contributed by atoms with E-state index in [9.17, 15) is 9.59 Å². The molecule has 0 amide bonds. The zero-order chi connectivity index (χ0) is 11.1. The Morgan fingerprint density at radius 2 is 2.00 bits per heavy atom. The van der Waals surface area contributed by atoms with E-state index in [4.69, 9.17) is 10.8 Å². The highest BCUT2D eigenvalue weighted by atomic mass is 79.9. The normalized spacial score (nSPS) is 13.5. The first-order chi connectivity index (χ1) is 6.54. The van der Waals surface area contributed by atoms with Gasteiger partial charge in [0.2, 0.25) is 0 Å². The summed E-state index contributed by atoms with van der Waals surface area (Å²) in [5, 5.41) is 8.66. The molecule has 0 saturated heterocycles. The fraction of sp³-hybridized carbons (Fsp3) is 0.778. The number of aliphatic carboxylic acids is 1. The standard InChI is InChI=1S/C9H17NO4.BrH/c1-3-4-5-6(9(13)14-2)7(10)8(11)12;/h6-7H,3-5,10H2,1-2H3,(H,11,12);1H. The molecule has 0 heterocycles. The van der Waals surface area contributed by atoms with Crippen LogP contribution in [-0.2, 0) is 14.3 Å². The molecule has 0 rings (SSSR count). The van der Waals surface area contributed by atoms with Gasteiger partial charge < -0.3 is 15.6 Å². The maximum absolute atomic E-state index is 11.2. The average molecular weight is 284 g/mol. The number of ether oxygens (including phenoxy) is 1. The van der Waals surface area contributed by atoms with E-state index in [1.54, 1.807) is 0 Å². The van der Waals surface area contributed by atoms with E-state index in [1.807, 2.05) is 6.92 Å². The zero-order valence-corrected chi connectivity index (χ0v) is 10.6. The van der Waals surface area contributed by atoms with Crippen molar-refractivity contribution in [2.24, 2.45) is 11.7 Å². The van der Waals surface area contributed by atoms with E-state index in [-0.39, 0.29) is 17.0 Å². The summed E-state index contributed by atoms with van der Waals surface area (Å²) in [5.74, 6) is -2.46. The van der Waals surface area contributed by atoms with Gasteiger partial charge in [-0.25, -0.2) is 0 Å². The molecule has 0 saturated carbocycles. The summed E-state index contributed by atoms with van der Waals surface area (Å²) < 4.78 is 4.50. The molecule has 0 aromatic carbocycles. The summed E-state index contributed by atoms with van der Waals surface area (Å²) in [6, 6.07) is -1.17. The second-order valence-electron chi connectivity index (χ2n) is 3.14. The van der Waals surface area contributed by atoms with Gasteiger partial charge in [0.15, 0.2) is 0 Å². The maximum Gasteiger partial charge on any atom is 0.321 e. The van der Waals surface area contributed by atoms with Crippen LogP contribution in [0.3, 0.4) is 0 Å². The molecule has 3 N–H and O–H groups in total. The number of nitrogens with two attached hydrogens (primary N) is 1. The van der Waals surface area contributed by atoms with Crippen LogP contribution < -0.4 is 5.73 Å². The second-order valence-corrected chi connectivity index (χ2v) is 3.14. The number of halogens is 1. The first-order valence-corrected chi connectivity index (χ1v) is 4.60. The molecule has 0 aliphatic heterocycles. The Morgan fingerprint density at radius 1 is 1.47 bits per heavy atom. The van der Waals surface area contributed by atoms with Crippen LogP contribution in [0, 0.1) is 5.92 Å². The molecule has 0 spiro atoms. The Balaban J connectivity index is 0. The van der Waals surface area contributed by atoms with Crippen molar-refractivity contribution in [3.05, 3.63) is 0 Å². The third-order valence-corrected chi connectivity index (χ3v) is 2.09. The summed E-state index contributed by atoms with van der Waals surface area (Å²) >= 11 is 0. The van der Waals surface area contributed by atoms with E-state index in [0.29, 0.717) is 6.42 Å². The molecule has 2 atom stereocenters. The number of carboxylic acid groups (broad SMARTS) is 1. The Bertz CT molecular complexity index is 210. The van der Waals surface area contributed by atoms with Crippen molar-refractivity contribution >= 4 is 28.9 Å². The lowest BCUT2D eigenvalue weighted by atomic mass is 9.94. The number of unbranched alkanes of at least 4 members (excludes halogenated alkanes) is 1. The number of hydrogen-bond acceptors (Lipinski definition) is 4. The molecule has 6 heteroatoms. The molecule has 0 aliphatic rings. The molecule has 0 fully saturated rings. The number of methoxy groups -OCH3 is 1. The van der Waals surface area contributed by atoms with Gasteiger partial charge in [-0.05, 0) is 6.42 Å². The SMILES string of the molecule is Br.CCCCC(C(=O)OC)C(N)C(=O)O. The highest BCUT2D eigenvalue weighted by molar-refractivity contribution is 8.93. The lowest BCUT2D eigenvalue weighted by Gasteiger charge is -2.17. The number of rotatable bonds is 6. The first-order valence-electron chi connectivity index (χ1n) is 4.60. The molecule has 5 nitrogen and oxygen atoms in total.